The zero-order chi connectivity index (χ0) is 23.8. The molecular weight excluding hydrogens is 430 g/mol. The molecule has 0 bridgehead atoms. The van der Waals surface area contributed by atoms with Crippen molar-refractivity contribution in [1.29, 1.82) is 5.26 Å². The maximum atomic E-state index is 12.5. The molecule has 1 saturated heterocycles. The van der Waals surface area contributed by atoms with Crippen molar-refractivity contribution in [2.45, 2.75) is 44.6 Å². The van der Waals surface area contributed by atoms with E-state index in [9.17, 15) is 14.9 Å². The van der Waals surface area contributed by atoms with Crippen LogP contribution in [0.1, 0.15) is 48.9 Å². The molecule has 3 heterocycles. The second-order valence-corrected chi connectivity index (χ2v) is 9.40. The number of nitrogens with zero attached hydrogens (tertiary/aromatic N) is 4. The topological polar surface area (TPSA) is 98.6 Å². The van der Waals surface area contributed by atoms with Crippen molar-refractivity contribution in [2.75, 3.05) is 43.6 Å². The number of carbonyl (C=O) groups excluding carboxylic acids is 2. The first-order valence-corrected chi connectivity index (χ1v) is 11.9. The van der Waals surface area contributed by atoms with Crippen LogP contribution in [0.2, 0.25) is 0 Å². The van der Waals surface area contributed by atoms with E-state index in [2.05, 4.69) is 16.3 Å². The number of anilines is 2. The van der Waals surface area contributed by atoms with Crippen LogP contribution in [0.15, 0.2) is 24.3 Å². The number of nitrogens with one attached hydrogen (secondary N) is 1. The number of benzene rings is 1. The Morgan fingerprint density at radius 3 is 2.82 bits per heavy atom. The lowest BCUT2D eigenvalue weighted by atomic mass is 9.97. The average molecular weight is 460 g/mol. The van der Waals surface area contributed by atoms with E-state index in [4.69, 9.17) is 9.72 Å². The summed E-state index contributed by atoms with van der Waals surface area (Å²) in [4.78, 5) is 33.4. The number of carbonyl (C=O) groups is 2. The van der Waals surface area contributed by atoms with Crippen molar-refractivity contribution in [1.82, 2.24) is 9.88 Å². The number of amides is 2. The first-order chi connectivity index (χ1) is 16.5. The summed E-state index contributed by atoms with van der Waals surface area (Å²) in [6, 6.07) is 10.3. The van der Waals surface area contributed by atoms with Gasteiger partial charge in [-0.3, -0.25) is 9.59 Å². The highest BCUT2D eigenvalue weighted by Gasteiger charge is 2.33. The number of rotatable bonds is 6. The van der Waals surface area contributed by atoms with E-state index < -0.39 is 0 Å². The fourth-order valence-electron chi connectivity index (χ4n) is 4.98. The summed E-state index contributed by atoms with van der Waals surface area (Å²) in [5, 5.41) is 12.9. The normalized spacial score (nSPS) is 19.6. The monoisotopic (exact) mass is 459 g/mol. The minimum atomic E-state index is 0.00900. The van der Waals surface area contributed by atoms with Gasteiger partial charge >= 0.3 is 0 Å². The van der Waals surface area contributed by atoms with Gasteiger partial charge in [-0.25, -0.2) is 4.98 Å². The van der Waals surface area contributed by atoms with Crippen LogP contribution in [0.3, 0.4) is 0 Å². The van der Waals surface area contributed by atoms with Crippen molar-refractivity contribution in [3.05, 3.63) is 41.1 Å². The number of pyridine rings is 1. The molecule has 1 aliphatic carbocycles. The molecule has 1 saturated carbocycles. The van der Waals surface area contributed by atoms with E-state index in [0.29, 0.717) is 56.4 Å². The van der Waals surface area contributed by atoms with E-state index in [1.165, 1.54) is 0 Å². The van der Waals surface area contributed by atoms with Gasteiger partial charge in [-0.15, -0.1) is 0 Å². The highest BCUT2D eigenvalue weighted by molar-refractivity contribution is 6.00. The molecule has 1 aromatic heterocycles. The number of hydrogen-bond acceptors (Lipinski definition) is 6. The lowest BCUT2D eigenvalue weighted by molar-refractivity contribution is -0.134. The average Bonchev–Trinajstić information content (AvgIpc) is 3.61. The molecule has 5 rings (SSSR count). The van der Waals surface area contributed by atoms with Gasteiger partial charge in [0.2, 0.25) is 11.8 Å². The molecule has 0 radical (unpaired) electrons. The van der Waals surface area contributed by atoms with Crippen LogP contribution in [0.5, 0.6) is 0 Å². The van der Waals surface area contributed by atoms with Gasteiger partial charge in [0.05, 0.1) is 30.7 Å². The van der Waals surface area contributed by atoms with E-state index in [1.54, 1.807) is 7.11 Å². The largest absolute Gasteiger partial charge is 0.384 e. The van der Waals surface area contributed by atoms with E-state index in [-0.39, 0.29) is 17.9 Å². The zero-order valence-electron chi connectivity index (χ0n) is 19.6. The Labute approximate surface area is 199 Å². The van der Waals surface area contributed by atoms with Crippen LogP contribution >= 0.6 is 0 Å². The van der Waals surface area contributed by atoms with Crippen LogP contribution in [0.25, 0.3) is 11.1 Å². The highest BCUT2D eigenvalue weighted by atomic mass is 16.5. The first kappa shape index (κ1) is 22.4. The number of piperazine rings is 1. The molecule has 2 aromatic rings. The zero-order valence-corrected chi connectivity index (χ0v) is 19.6. The van der Waals surface area contributed by atoms with Crippen LogP contribution < -0.4 is 10.2 Å². The van der Waals surface area contributed by atoms with Crippen LogP contribution in [-0.4, -0.2) is 61.1 Å². The number of hydrogen-bond donors (Lipinski definition) is 1. The van der Waals surface area contributed by atoms with Gasteiger partial charge in [-0.1, -0.05) is 12.1 Å². The number of ether oxygens (including phenoxy) is 1. The smallest absolute Gasteiger partial charge is 0.228 e. The van der Waals surface area contributed by atoms with Crippen LogP contribution in [0.4, 0.5) is 11.5 Å². The van der Waals surface area contributed by atoms with E-state index in [1.807, 2.05) is 36.1 Å². The Kier molecular flexibility index (Phi) is 5.96. The van der Waals surface area contributed by atoms with Gasteiger partial charge in [0, 0.05) is 50.0 Å². The van der Waals surface area contributed by atoms with E-state index >= 15 is 0 Å². The molecule has 2 fully saturated rings. The molecule has 1 atom stereocenters. The SMILES string of the molecule is COCCC(=O)N1CCN(c2nc(C3CC3)c(-c3ccc4c(c3)NC(=O)C4)cc2C#N)C[C@H]1C. The minimum Gasteiger partial charge on any atom is -0.384 e. The molecule has 1 N–H and O–H groups in total. The predicted octanol–water partition coefficient (Wildman–Crippen LogP) is 3.07. The fraction of sp³-hybridized carbons (Fsp3) is 0.462. The van der Waals surface area contributed by atoms with Gasteiger partial charge in [0.15, 0.2) is 0 Å². The van der Waals surface area contributed by atoms with Gasteiger partial charge in [0.25, 0.3) is 0 Å². The van der Waals surface area contributed by atoms with Crippen molar-refractivity contribution in [2.24, 2.45) is 0 Å². The molecule has 1 aromatic carbocycles. The highest BCUT2D eigenvalue weighted by Crippen LogP contribution is 2.45. The summed E-state index contributed by atoms with van der Waals surface area (Å²) in [6.07, 6.45) is 2.96. The quantitative estimate of drug-likeness (QED) is 0.713. The molecule has 8 heteroatoms. The third-order valence-electron chi connectivity index (χ3n) is 6.93. The minimum absolute atomic E-state index is 0.00900. The number of fused-ring (bicyclic) bond motifs is 1. The Bertz CT molecular complexity index is 1180. The summed E-state index contributed by atoms with van der Waals surface area (Å²) in [5.74, 6) is 1.20. The lowest BCUT2D eigenvalue weighted by Crippen LogP contribution is -2.54. The summed E-state index contributed by atoms with van der Waals surface area (Å²) < 4.78 is 5.05. The number of nitriles is 1. The second-order valence-electron chi connectivity index (χ2n) is 9.40. The Hall–Kier alpha value is -3.44. The molecule has 8 nitrogen and oxygen atoms in total. The van der Waals surface area contributed by atoms with Gasteiger partial charge < -0.3 is 19.9 Å². The van der Waals surface area contributed by atoms with Crippen molar-refractivity contribution in [3.63, 3.8) is 0 Å². The van der Waals surface area contributed by atoms with Crippen molar-refractivity contribution >= 4 is 23.3 Å². The standard InChI is InChI=1S/C26H29N5O3/c1-16-15-30(8-9-31(16)24(33)7-10-34-2)26-20(14-27)11-21(25(29-26)17-3-4-17)18-5-6-19-13-23(32)28-22(19)12-18/h5-6,11-12,16-17H,3-4,7-10,13,15H2,1-2H3,(H,28,32)/t16-/m1/s1. The van der Waals surface area contributed by atoms with Crippen molar-refractivity contribution in [3.8, 4) is 17.2 Å². The van der Waals surface area contributed by atoms with Crippen LogP contribution in [0, 0.1) is 11.3 Å². The maximum Gasteiger partial charge on any atom is 0.228 e. The molecule has 176 valence electrons. The third-order valence-corrected chi connectivity index (χ3v) is 6.93. The lowest BCUT2D eigenvalue weighted by Gasteiger charge is -2.41. The Morgan fingerprint density at radius 1 is 1.29 bits per heavy atom. The molecule has 0 spiro atoms. The third kappa shape index (κ3) is 4.24. The summed E-state index contributed by atoms with van der Waals surface area (Å²) in [6.45, 7) is 4.33. The maximum absolute atomic E-state index is 12.5. The van der Waals surface area contributed by atoms with Gasteiger partial charge in [0.1, 0.15) is 11.9 Å². The molecule has 2 aliphatic heterocycles. The molecule has 2 amide bonds. The molecule has 34 heavy (non-hydrogen) atoms. The summed E-state index contributed by atoms with van der Waals surface area (Å²) >= 11 is 0. The predicted molar refractivity (Wildman–Crippen MR) is 129 cm³/mol. The Morgan fingerprint density at radius 2 is 2.12 bits per heavy atom. The number of methoxy groups -OCH3 is 1. The van der Waals surface area contributed by atoms with Crippen molar-refractivity contribution < 1.29 is 14.3 Å². The van der Waals surface area contributed by atoms with Gasteiger partial charge in [-0.2, -0.15) is 5.26 Å². The van der Waals surface area contributed by atoms with Gasteiger partial charge in [-0.05, 0) is 43.0 Å². The fourth-order valence-corrected chi connectivity index (χ4v) is 4.98. The first-order valence-electron chi connectivity index (χ1n) is 11.9. The summed E-state index contributed by atoms with van der Waals surface area (Å²) in [7, 11) is 1.60. The Balaban J connectivity index is 1.45. The molecule has 3 aliphatic rings. The van der Waals surface area contributed by atoms with Crippen LogP contribution in [-0.2, 0) is 20.7 Å². The molecule has 0 unspecified atom stereocenters. The molecular formula is C26H29N5O3. The second kappa shape index (κ2) is 9.07. The summed E-state index contributed by atoms with van der Waals surface area (Å²) in [5.41, 5.74) is 5.34. The number of aromatic nitrogens is 1. The van der Waals surface area contributed by atoms with E-state index in [0.717, 1.165) is 40.9 Å².